The fourth-order valence-corrected chi connectivity index (χ4v) is 2.75. The van der Waals surface area contributed by atoms with E-state index in [1.54, 1.807) is 0 Å². The van der Waals surface area contributed by atoms with Gasteiger partial charge in [-0.05, 0) is 30.8 Å². The Morgan fingerprint density at radius 2 is 1.11 bits per heavy atom. The average molecular weight is 392 g/mol. The van der Waals surface area contributed by atoms with Crippen molar-refractivity contribution in [2.45, 2.75) is 86.0 Å². The van der Waals surface area contributed by atoms with Gasteiger partial charge in [0.05, 0.1) is 26.2 Å². The third-order valence-electron chi connectivity index (χ3n) is 4.14. The number of hydrogen-bond donors (Lipinski definition) is 3. The SMILES string of the molecule is CC(=O)O.CCCC[N+](CCCC)(CCCC)CCCC.CON=C(N)N. The van der Waals surface area contributed by atoms with E-state index < -0.39 is 5.97 Å². The highest BCUT2D eigenvalue weighted by Crippen LogP contribution is 2.16. The largest absolute Gasteiger partial charge is 0.481 e. The summed E-state index contributed by atoms with van der Waals surface area (Å²) >= 11 is 0. The van der Waals surface area contributed by atoms with E-state index in [2.05, 4.69) is 37.7 Å². The smallest absolute Gasteiger partial charge is 0.300 e. The molecule has 0 aromatic carbocycles. The molecule has 0 aliphatic rings. The van der Waals surface area contributed by atoms with Gasteiger partial charge in [-0.15, -0.1) is 0 Å². The van der Waals surface area contributed by atoms with Crippen molar-refractivity contribution in [1.29, 1.82) is 0 Å². The van der Waals surface area contributed by atoms with Crippen LogP contribution in [0.4, 0.5) is 0 Å². The minimum Gasteiger partial charge on any atom is -0.481 e. The molecule has 27 heavy (non-hydrogen) atoms. The molecule has 0 unspecified atom stereocenters. The first-order chi connectivity index (χ1) is 12.7. The van der Waals surface area contributed by atoms with Gasteiger partial charge < -0.3 is 25.9 Å². The lowest BCUT2D eigenvalue weighted by Crippen LogP contribution is -2.50. The zero-order chi connectivity index (χ0) is 21.6. The molecule has 0 aromatic heterocycles. The maximum absolute atomic E-state index is 9.00. The van der Waals surface area contributed by atoms with Gasteiger partial charge >= 0.3 is 0 Å². The quantitative estimate of drug-likeness (QED) is 0.191. The Kier molecular flexibility index (Phi) is 25.2. The minimum atomic E-state index is -0.833. The number of aliphatic carboxylic acids is 1. The monoisotopic (exact) mass is 391 g/mol. The number of unbranched alkanes of at least 4 members (excludes halogenated alkanes) is 4. The molecule has 0 rings (SSSR count). The first kappa shape index (κ1) is 30.2. The molecule has 7 nitrogen and oxygen atoms in total. The molecule has 0 saturated carbocycles. The summed E-state index contributed by atoms with van der Waals surface area (Å²) in [5, 5.41) is 10.5. The van der Waals surface area contributed by atoms with Crippen molar-refractivity contribution < 1.29 is 19.2 Å². The van der Waals surface area contributed by atoms with Gasteiger partial charge in [0.25, 0.3) is 5.97 Å². The van der Waals surface area contributed by atoms with E-state index in [1.165, 1.54) is 89.1 Å². The Hall–Kier alpha value is -1.50. The maximum Gasteiger partial charge on any atom is 0.300 e. The summed E-state index contributed by atoms with van der Waals surface area (Å²) in [4.78, 5) is 13.1. The van der Waals surface area contributed by atoms with E-state index in [1.807, 2.05) is 0 Å². The Bertz CT molecular complexity index is 305. The van der Waals surface area contributed by atoms with Crippen molar-refractivity contribution in [3.63, 3.8) is 0 Å². The Morgan fingerprint density at radius 1 is 0.852 bits per heavy atom. The molecule has 0 aliphatic heterocycles. The van der Waals surface area contributed by atoms with Crippen molar-refractivity contribution in [3.8, 4) is 0 Å². The van der Waals surface area contributed by atoms with Crippen molar-refractivity contribution >= 4 is 11.9 Å². The van der Waals surface area contributed by atoms with Crippen LogP contribution in [0.2, 0.25) is 0 Å². The second-order valence-electron chi connectivity index (χ2n) is 6.87. The normalized spacial score (nSPS) is 10.0. The predicted molar refractivity (Wildman–Crippen MR) is 115 cm³/mol. The zero-order valence-corrected chi connectivity index (χ0v) is 18.8. The molecule has 0 saturated heterocycles. The molecule has 0 spiro atoms. The summed E-state index contributed by atoms with van der Waals surface area (Å²) in [6.45, 7) is 16.1. The van der Waals surface area contributed by atoms with Crippen LogP contribution in [0.1, 0.15) is 86.0 Å². The molecule has 0 fully saturated rings. The number of nitrogens with zero attached hydrogens (tertiary/aromatic N) is 2. The minimum absolute atomic E-state index is 0.0579. The Morgan fingerprint density at radius 3 is 1.22 bits per heavy atom. The summed E-state index contributed by atoms with van der Waals surface area (Å²) in [5.41, 5.74) is 9.61. The van der Waals surface area contributed by atoms with Crippen LogP contribution in [0.25, 0.3) is 0 Å². The summed E-state index contributed by atoms with van der Waals surface area (Å²) in [7, 11) is 1.37. The van der Waals surface area contributed by atoms with Gasteiger partial charge in [0.15, 0.2) is 0 Å². The van der Waals surface area contributed by atoms with Gasteiger partial charge in [-0.3, -0.25) is 4.79 Å². The molecule has 0 radical (unpaired) electrons. The topological polar surface area (TPSA) is 111 Å². The molecule has 0 aliphatic carbocycles. The highest BCUT2D eigenvalue weighted by atomic mass is 16.6. The predicted octanol–water partition coefficient (Wildman–Crippen LogP) is 3.92. The van der Waals surface area contributed by atoms with Gasteiger partial charge in [0.1, 0.15) is 7.11 Å². The molecule has 0 atom stereocenters. The lowest BCUT2D eigenvalue weighted by molar-refractivity contribution is -0.929. The van der Waals surface area contributed by atoms with Gasteiger partial charge in [0.2, 0.25) is 5.96 Å². The number of quaternary nitrogens is 1. The van der Waals surface area contributed by atoms with Crippen LogP contribution in [-0.4, -0.2) is 54.8 Å². The second-order valence-corrected chi connectivity index (χ2v) is 6.87. The number of hydrogen-bond acceptors (Lipinski definition) is 3. The molecule has 5 N–H and O–H groups in total. The van der Waals surface area contributed by atoms with E-state index in [-0.39, 0.29) is 5.96 Å². The van der Waals surface area contributed by atoms with Crippen molar-refractivity contribution in [2.75, 3.05) is 33.3 Å². The number of guanidine groups is 1. The highest BCUT2D eigenvalue weighted by molar-refractivity contribution is 5.74. The Labute approximate surface area is 167 Å². The van der Waals surface area contributed by atoms with Crippen LogP contribution in [0, 0.1) is 0 Å². The summed E-state index contributed by atoms with van der Waals surface area (Å²) in [6.07, 6.45) is 11.1. The van der Waals surface area contributed by atoms with Crippen molar-refractivity contribution in [2.24, 2.45) is 16.6 Å². The van der Waals surface area contributed by atoms with Gasteiger partial charge in [-0.25, -0.2) is 0 Å². The third-order valence-corrected chi connectivity index (χ3v) is 4.14. The van der Waals surface area contributed by atoms with E-state index in [0.29, 0.717) is 0 Å². The summed E-state index contributed by atoms with van der Waals surface area (Å²) < 4.78 is 1.42. The lowest BCUT2D eigenvalue weighted by atomic mass is 10.1. The van der Waals surface area contributed by atoms with Crippen LogP contribution in [0.5, 0.6) is 0 Å². The average Bonchev–Trinajstić information content (AvgIpc) is 2.60. The summed E-state index contributed by atoms with van der Waals surface area (Å²) in [6, 6.07) is 0. The number of rotatable bonds is 13. The molecule has 0 heterocycles. The van der Waals surface area contributed by atoms with Crippen molar-refractivity contribution in [1.82, 2.24) is 0 Å². The van der Waals surface area contributed by atoms with Crippen LogP contribution in [-0.2, 0) is 9.63 Å². The Balaban J connectivity index is -0.000000472. The van der Waals surface area contributed by atoms with Crippen LogP contribution in [0.3, 0.4) is 0 Å². The third kappa shape index (κ3) is 26.8. The van der Waals surface area contributed by atoms with Crippen molar-refractivity contribution in [3.05, 3.63) is 0 Å². The first-order valence-electron chi connectivity index (χ1n) is 10.4. The number of nitrogens with two attached hydrogens (primary N) is 2. The molecule has 7 heteroatoms. The molecule has 164 valence electrons. The molecular formula is C20H47N4O3+. The first-order valence-corrected chi connectivity index (χ1v) is 10.4. The van der Waals surface area contributed by atoms with E-state index in [4.69, 9.17) is 21.4 Å². The van der Waals surface area contributed by atoms with Crippen LogP contribution in [0.15, 0.2) is 5.16 Å². The summed E-state index contributed by atoms with van der Waals surface area (Å²) in [5.74, 6) is -0.891. The number of carboxylic acids is 1. The number of oxime groups is 1. The maximum atomic E-state index is 9.00. The van der Waals surface area contributed by atoms with E-state index >= 15 is 0 Å². The standard InChI is InChI=1S/C16H36N.C2H7N3O.C2H4O2/c1-5-9-13-17(14-10-6-2,15-11-7-3)16-12-8-4;1-6-5-2(3)4;1-2(3)4/h5-16H2,1-4H3;1H3,(H4,3,4,5);1H3,(H,3,4)/q+1;;. The van der Waals surface area contributed by atoms with Gasteiger partial charge in [0, 0.05) is 6.92 Å². The highest BCUT2D eigenvalue weighted by Gasteiger charge is 2.24. The second kappa shape index (κ2) is 22.5. The molecule has 0 bridgehead atoms. The molecule has 0 amide bonds. The molecular weight excluding hydrogens is 344 g/mol. The number of carbonyl (C=O) groups is 1. The lowest BCUT2D eigenvalue weighted by Gasteiger charge is -2.39. The van der Waals surface area contributed by atoms with Crippen LogP contribution < -0.4 is 11.5 Å². The van der Waals surface area contributed by atoms with Crippen LogP contribution >= 0.6 is 0 Å². The number of carboxylic acid groups (broad SMARTS) is 1. The van der Waals surface area contributed by atoms with Gasteiger partial charge in [-0.2, -0.15) is 0 Å². The fraction of sp³-hybridized carbons (Fsp3) is 0.900. The molecule has 0 aromatic rings. The van der Waals surface area contributed by atoms with E-state index in [0.717, 1.165) is 6.92 Å². The fourth-order valence-electron chi connectivity index (χ4n) is 2.75. The van der Waals surface area contributed by atoms with E-state index in [9.17, 15) is 0 Å². The van der Waals surface area contributed by atoms with Gasteiger partial charge in [-0.1, -0.05) is 53.4 Å². The zero-order valence-electron chi connectivity index (χ0n) is 18.8.